The first-order chi connectivity index (χ1) is 13.4. The van der Waals surface area contributed by atoms with E-state index in [-0.39, 0.29) is 34.4 Å². The molecule has 146 valence electrons. The van der Waals surface area contributed by atoms with Crippen LogP contribution < -0.4 is 0 Å². The number of halogens is 3. The summed E-state index contributed by atoms with van der Waals surface area (Å²) in [5.41, 5.74) is 0.685. The maximum Gasteiger partial charge on any atom is 0.280 e. The number of hydrogen-bond donors (Lipinski definition) is 0. The summed E-state index contributed by atoms with van der Waals surface area (Å²) in [4.78, 5) is 26.3. The zero-order chi connectivity index (χ0) is 19.8. The van der Waals surface area contributed by atoms with Crippen LogP contribution in [0.25, 0.3) is 5.78 Å². The number of piperidine rings is 1. The Kier molecular flexibility index (Phi) is 4.92. The Morgan fingerprint density at radius 2 is 2.14 bits per heavy atom. The second-order valence-corrected chi connectivity index (χ2v) is 7.26. The molecule has 0 spiro atoms. The van der Waals surface area contributed by atoms with Crippen molar-refractivity contribution in [3.63, 3.8) is 0 Å². The van der Waals surface area contributed by atoms with Gasteiger partial charge in [0, 0.05) is 30.8 Å². The predicted octanol–water partition coefficient (Wildman–Crippen LogP) is 3.38. The van der Waals surface area contributed by atoms with Crippen molar-refractivity contribution in [3.05, 3.63) is 52.8 Å². The van der Waals surface area contributed by atoms with Crippen molar-refractivity contribution < 1.29 is 13.6 Å². The highest BCUT2D eigenvalue weighted by molar-refractivity contribution is 6.29. The molecule has 4 rings (SSSR count). The van der Waals surface area contributed by atoms with Gasteiger partial charge in [0.1, 0.15) is 17.2 Å². The van der Waals surface area contributed by atoms with Crippen molar-refractivity contribution in [2.75, 3.05) is 13.1 Å². The van der Waals surface area contributed by atoms with Gasteiger partial charge in [-0.25, -0.2) is 23.3 Å². The number of nitrogens with zero attached hydrogens (tertiary/aromatic N) is 6. The molecule has 0 aromatic carbocycles. The highest BCUT2D eigenvalue weighted by Crippen LogP contribution is 2.34. The first-order valence-electron chi connectivity index (χ1n) is 8.83. The highest BCUT2D eigenvalue weighted by atomic mass is 35.5. The van der Waals surface area contributed by atoms with Crippen molar-refractivity contribution in [3.8, 4) is 0 Å². The van der Waals surface area contributed by atoms with E-state index in [1.54, 1.807) is 11.0 Å². The van der Waals surface area contributed by atoms with Gasteiger partial charge in [0.25, 0.3) is 18.1 Å². The number of aromatic nitrogens is 5. The van der Waals surface area contributed by atoms with Crippen molar-refractivity contribution in [2.24, 2.45) is 5.92 Å². The Hall–Kier alpha value is -2.68. The first kappa shape index (κ1) is 18.7. The number of likely N-dealkylation sites (tertiary alicyclic amines) is 1. The molecular weight excluding hydrogens is 390 g/mol. The summed E-state index contributed by atoms with van der Waals surface area (Å²) >= 11 is 5.90. The molecule has 1 aliphatic heterocycles. The van der Waals surface area contributed by atoms with Crippen LogP contribution in [0.5, 0.6) is 0 Å². The summed E-state index contributed by atoms with van der Waals surface area (Å²) in [6, 6.07) is 4.50. The van der Waals surface area contributed by atoms with Crippen LogP contribution in [0, 0.1) is 5.92 Å². The summed E-state index contributed by atoms with van der Waals surface area (Å²) in [6.07, 6.45) is 0.793. The summed E-state index contributed by atoms with van der Waals surface area (Å²) in [7, 11) is 0. The lowest BCUT2D eigenvalue weighted by molar-refractivity contribution is 0.0665. The van der Waals surface area contributed by atoms with Gasteiger partial charge in [-0.2, -0.15) is 10.1 Å². The molecule has 7 nitrogen and oxygen atoms in total. The molecule has 28 heavy (non-hydrogen) atoms. The zero-order valence-corrected chi connectivity index (χ0v) is 15.7. The summed E-state index contributed by atoms with van der Waals surface area (Å²) in [5, 5.41) is 4.38. The summed E-state index contributed by atoms with van der Waals surface area (Å²) in [5.74, 6) is -0.0475. The number of fused-ring (bicyclic) bond motifs is 1. The molecule has 0 saturated carbocycles. The third-order valence-electron chi connectivity index (χ3n) is 5.12. The van der Waals surface area contributed by atoms with Crippen LogP contribution in [-0.2, 0) is 0 Å². The maximum atomic E-state index is 13.3. The second kappa shape index (κ2) is 7.38. The molecule has 3 aromatic heterocycles. The molecule has 0 N–H and O–H groups in total. The third kappa shape index (κ3) is 3.42. The van der Waals surface area contributed by atoms with E-state index < -0.39 is 6.43 Å². The fourth-order valence-electron chi connectivity index (χ4n) is 3.59. The van der Waals surface area contributed by atoms with Gasteiger partial charge in [0.05, 0.1) is 5.69 Å². The maximum absolute atomic E-state index is 13.3. The number of alkyl halides is 2. The minimum Gasteiger partial charge on any atom is -0.338 e. The van der Waals surface area contributed by atoms with E-state index in [4.69, 9.17) is 11.6 Å². The van der Waals surface area contributed by atoms with Crippen LogP contribution in [0.15, 0.2) is 30.7 Å². The molecule has 1 saturated heterocycles. The quantitative estimate of drug-likeness (QED) is 0.623. The van der Waals surface area contributed by atoms with Crippen LogP contribution in [0.4, 0.5) is 8.78 Å². The van der Waals surface area contributed by atoms with Gasteiger partial charge in [-0.1, -0.05) is 18.5 Å². The number of rotatable bonds is 3. The summed E-state index contributed by atoms with van der Waals surface area (Å²) in [6.45, 7) is 2.99. The van der Waals surface area contributed by atoms with Gasteiger partial charge in [0.15, 0.2) is 0 Å². The average molecular weight is 407 g/mol. The number of carbonyl (C=O) groups is 1. The highest BCUT2D eigenvalue weighted by Gasteiger charge is 2.33. The fraction of sp³-hybridized carbons (Fsp3) is 0.389. The van der Waals surface area contributed by atoms with Crippen LogP contribution in [0.2, 0.25) is 5.15 Å². The lowest BCUT2D eigenvalue weighted by Crippen LogP contribution is -2.42. The largest absolute Gasteiger partial charge is 0.338 e. The smallest absolute Gasteiger partial charge is 0.280 e. The lowest BCUT2D eigenvalue weighted by Gasteiger charge is -2.37. The van der Waals surface area contributed by atoms with E-state index in [0.29, 0.717) is 24.3 Å². The van der Waals surface area contributed by atoms with E-state index in [9.17, 15) is 13.6 Å². The van der Waals surface area contributed by atoms with E-state index in [1.807, 2.05) is 6.92 Å². The number of pyridine rings is 1. The van der Waals surface area contributed by atoms with E-state index in [0.717, 1.165) is 6.42 Å². The van der Waals surface area contributed by atoms with Crippen molar-refractivity contribution in [1.82, 2.24) is 29.5 Å². The molecule has 1 aliphatic rings. The van der Waals surface area contributed by atoms with Gasteiger partial charge < -0.3 is 4.90 Å². The number of hydrogen-bond acceptors (Lipinski definition) is 5. The number of amides is 1. The number of carbonyl (C=O) groups excluding carboxylic acids is 1. The Morgan fingerprint density at radius 1 is 1.32 bits per heavy atom. The molecule has 1 amide bonds. The molecule has 10 heteroatoms. The van der Waals surface area contributed by atoms with Gasteiger partial charge in [0.2, 0.25) is 0 Å². The molecule has 0 aliphatic carbocycles. The Morgan fingerprint density at radius 3 is 2.89 bits per heavy atom. The molecular formula is C18H17ClF2N6O. The topological polar surface area (TPSA) is 76.3 Å². The first-order valence-corrected chi connectivity index (χ1v) is 9.21. The normalized spacial score (nSPS) is 20.1. The molecule has 1 fully saturated rings. The molecule has 2 atom stereocenters. The monoisotopic (exact) mass is 406 g/mol. The lowest BCUT2D eigenvalue weighted by atomic mass is 9.84. The van der Waals surface area contributed by atoms with Crippen LogP contribution in [0.1, 0.15) is 47.4 Å². The Labute approximate surface area is 164 Å². The van der Waals surface area contributed by atoms with Crippen LogP contribution in [0.3, 0.4) is 0 Å². The minimum atomic E-state index is -2.71. The van der Waals surface area contributed by atoms with Crippen LogP contribution >= 0.6 is 11.6 Å². The van der Waals surface area contributed by atoms with E-state index in [1.165, 1.54) is 29.2 Å². The average Bonchev–Trinajstić information content (AvgIpc) is 3.16. The Balaban J connectivity index is 1.69. The van der Waals surface area contributed by atoms with Crippen LogP contribution in [-0.4, -0.2) is 48.5 Å². The standard InChI is InChI=1S/C18H17ClF2N6O/c1-10-3-5-26(17(28)11-2-4-22-15(19)6-11)8-12(10)14-7-13(16(20)21)25-18-23-9-24-27(14)18/h2,4,6-7,9-10,12,16H,3,5,8H2,1H3/t10-,12-/m1/s1. The van der Waals surface area contributed by atoms with Crippen molar-refractivity contribution in [1.29, 1.82) is 0 Å². The second-order valence-electron chi connectivity index (χ2n) is 6.87. The van der Waals surface area contributed by atoms with Gasteiger partial charge in [-0.15, -0.1) is 0 Å². The predicted molar refractivity (Wildman–Crippen MR) is 97.4 cm³/mol. The minimum absolute atomic E-state index is 0.129. The van der Waals surface area contributed by atoms with Gasteiger partial charge >= 0.3 is 0 Å². The third-order valence-corrected chi connectivity index (χ3v) is 5.33. The van der Waals surface area contributed by atoms with Gasteiger partial charge in [-0.3, -0.25) is 4.79 Å². The van der Waals surface area contributed by atoms with Crippen molar-refractivity contribution in [2.45, 2.75) is 25.7 Å². The van der Waals surface area contributed by atoms with Gasteiger partial charge in [-0.05, 0) is 30.5 Å². The van der Waals surface area contributed by atoms with E-state index >= 15 is 0 Å². The SMILES string of the molecule is C[C@@H]1CCN(C(=O)c2ccnc(Cl)c2)C[C@H]1c1cc(C(F)F)nc2ncnn12. The van der Waals surface area contributed by atoms with E-state index in [2.05, 4.69) is 20.1 Å². The molecule has 0 radical (unpaired) electrons. The molecule has 0 bridgehead atoms. The molecule has 0 unspecified atom stereocenters. The Bertz CT molecular complexity index is 1030. The summed E-state index contributed by atoms with van der Waals surface area (Å²) < 4.78 is 28.1. The van der Waals surface area contributed by atoms with Crippen molar-refractivity contribution >= 4 is 23.3 Å². The molecule has 4 heterocycles. The fourth-order valence-corrected chi connectivity index (χ4v) is 3.76. The molecule has 3 aromatic rings. The zero-order valence-electron chi connectivity index (χ0n) is 15.0.